The Kier molecular flexibility index (Phi) is 7.41. The first-order valence-corrected chi connectivity index (χ1v) is 10.0. The van der Waals surface area contributed by atoms with Gasteiger partial charge in [0.05, 0.1) is 0 Å². The number of nitrogens with one attached hydrogen (secondary N) is 1. The standard InChI is InChI=1S/C17H26FNS2/c1-3-8-19-15(12-13-6-5-7-14(18)11-13)17-16(4-2)20-9-10-21-17/h5-7,11,15-17,19H,3-4,8-10,12H2,1-2H3. The number of hydrogen-bond donors (Lipinski definition) is 1. The van der Waals surface area contributed by atoms with E-state index in [1.807, 2.05) is 12.1 Å². The van der Waals surface area contributed by atoms with Crippen molar-refractivity contribution in [2.75, 3.05) is 18.1 Å². The molecule has 0 saturated carbocycles. The molecule has 1 aliphatic heterocycles. The molecular weight excluding hydrogens is 301 g/mol. The van der Waals surface area contributed by atoms with E-state index in [1.54, 1.807) is 6.07 Å². The third-order valence-corrected chi connectivity index (χ3v) is 7.30. The first-order valence-electron chi connectivity index (χ1n) is 7.95. The van der Waals surface area contributed by atoms with Gasteiger partial charge in [-0.15, -0.1) is 0 Å². The molecule has 3 unspecified atom stereocenters. The van der Waals surface area contributed by atoms with Crippen molar-refractivity contribution in [3.63, 3.8) is 0 Å². The molecule has 1 aromatic rings. The zero-order valence-corrected chi connectivity index (χ0v) is 14.6. The van der Waals surface area contributed by atoms with Crippen molar-refractivity contribution in [2.45, 2.75) is 49.7 Å². The van der Waals surface area contributed by atoms with Gasteiger partial charge in [0.1, 0.15) is 5.82 Å². The summed E-state index contributed by atoms with van der Waals surface area (Å²) in [5.74, 6) is 2.37. The fourth-order valence-corrected chi connectivity index (χ4v) is 6.13. The molecular formula is C17H26FNS2. The third kappa shape index (κ3) is 5.19. The molecule has 1 nitrogen and oxygen atoms in total. The van der Waals surface area contributed by atoms with E-state index in [-0.39, 0.29) is 5.82 Å². The van der Waals surface area contributed by atoms with Crippen molar-refractivity contribution < 1.29 is 4.39 Å². The van der Waals surface area contributed by atoms with Crippen LogP contribution in [0.3, 0.4) is 0 Å². The molecule has 118 valence electrons. The third-order valence-electron chi connectivity index (χ3n) is 3.89. The Morgan fingerprint density at radius 3 is 2.81 bits per heavy atom. The van der Waals surface area contributed by atoms with Crippen molar-refractivity contribution in [2.24, 2.45) is 0 Å². The van der Waals surface area contributed by atoms with Crippen LogP contribution in [0.25, 0.3) is 0 Å². The van der Waals surface area contributed by atoms with Crippen LogP contribution in [0.15, 0.2) is 24.3 Å². The van der Waals surface area contributed by atoms with Crippen molar-refractivity contribution in [1.29, 1.82) is 0 Å². The lowest BCUT2D eigenvalue weighted by Crippen LogP contribution is -2.46. The van der Waals surface area contributed by atoms with Gasteiger partial charge in [-0.2, -0.15) is 23.5 Å². The summed E-state index contributed by atoms with van der Waals surface area (Å²) in [6.07, 6.45) is 3.28. The minimum atomic E-state index is -0.126. The van der Waals surface area contributed by atoms with Crippen molar-refractivity contribution in [1.82, 2.24) is 5.32 Å². The first kappa shape index (κ1) is 17.2. The maximum atomic E-state index is 13.4. The predicted molar refractivity (Wildman–Crippen MR) is 95.0 cm³/mol. The second-order valence-corrected chi connectivity index (χ2v) is 8.18. The lowest BCUT2D eigenvalue weighted by molar-refractivity contribution is 0.476. The Labute approximate surface area is 136 Å². The van der Waals surface area contributed by atoms with Crippen LogP contribution in [0, 0.1) is 5.82 Å². The van der Waals surface area contributed by atoms with Gasteiger partial charge in [-0.05, 0) is 43.5 Å². The number of rotatable bonds is 7. The fourth-order valence-electron chi connectivity index (χ4n) is 2.86. The van der Waals surface area contributed by atoms with Crippen LogP contribution in [-0.2, 0) is 6.42 Å². The van der Waals surface area contributed by atoms with Crippen LogP contribution in [0.2, 0.25) is 0 Å². The summed E-state index contributed by atoms with van der Waals surface area (Å²) < 4.78 is 13.4. The minimum absolute atomic E-state index is 0.126. The van der Waals surface area contributed by atoms with Gasteiger partial charge in [-0.1, -0.05) is 26.0 Å². The van der Waals surface area contributed by atoms with E-state index < -0.39 is 0 Å². The van der Waals surface area contributed by atoms with Crippen molar-refractivity contribution in [3.8, 4) is 0 Å². The van der Waals surface area contributed by atoms with Crippen molar-refractivity contribution in [3.05, 3.63) is 35.6 Å². The summed E-state index contributed by atoms with van der Waals surface area (Å²) in [4.78, 5) is 0. The smallest absolute Gasteiger partial charge is 0.123 e. The van der Waals surface area contributed by atoms with Gasteiger partial charge in [-0.3, -0.25) is 0 Å². The van der Waals surface area contributed by atoms with Crippen LogP contribution in [0.5, 0.6) is 0 Å². The second-order valence-electron chi connectivity index (χ2n) is 5.55. The topological polar surface area (TPSA) is 12.0 Å². The minimum Gasteiger partial charge on any atom is -0.313 e. The summed E-state index contributed by atoms with van der Waals surface area (Å²) in [7, 11) is 0. The van der Waals surface area contributed by atoms with Gasteiger partial charge in [0, 0.05) is 28.0 Å². The highest BCUT2D eigenvalue weighted by molar-refractivity contribution is 8.07. The normalized spacial score (nSPS) is 24.0. The molecule has 4 heteroatoms. The number of thioether (sulfide) groups is 2. The Morgan fingerprint density at radius 2 is 2.10 bits per heavy atom. The molecule has 1 fully saturated rings. The highest BCUT2D eigenvalue weighted by Gasteiger charge is 2.31. The van der Waals surface area contributed by atoms with Gasteiger partial charge < -0.3 is 5.32 Å². The summed E-state index contributed by atoms with van der Waals surface area (Å²) >= 11 is 4.21. The highest BCUT2D eigenvalue weighted by atomic mass is 32.2. The Bertz CT molecular complexity index is 427. The van der Waals surface area contributed by atoms with Crippen LogP contribution < -0.4 is 5.32 Å². The second kappa shape index (κ2) is 9.06. The molecule has 1 N–H and O–H groups in total. The number of halogens is 1. The Balaban J connectivity index is 2.09. The Hall–Kier alpha value is -0.190. The largest absolute Gasteiger partial charge is 0.313 e. The van der Waals surface area contributed by atoms with Crippen LogP contribution in [0.4, 0.5) is 4.39 Å². The van der Waals surface area contributed by atoms with E-state index in [0.717, 1.165) is 24.9 Å². The summed E-state index contributed by atoms with van der Waals surface area (Å²) in [6.45, 7) is 5.53. The molecule has 1 aromatic carbocycles. The van der Waals surface area contributed by atoms with E-state index in [2.05, 4.69) is 42.7 Å². The molecule has 3 atom stereocenters. The average molecular weight is 328 g/mol. The van der Waals surface area contributed by atoms with E-state index in [1.165, 1.54) is 24.0 Å². The zero-order chi connectivity index (χ0) is 15.1. The predicted octanol–water partition coefficient (Wildman–Crippen LogP) is 4.36. The van der Waals surface area contributed by atoms with E-state index in [4.69, 9.17) is 0 Å². The maximum Gasteiger partial charge on any atom is 0.123 e. The van der Waals surface area contributed by atoms with Gasteiger partial charge in [0.25, 0.3) is 0 Å². The van der Waals surface area contributed by atoms with Crippen LogP contribution in [-0.4, -0.2) is 34.6 Å². The summed E-state index contributed by atoms with van der Waals surface area (Å²) in [6, 6.07) is 7.52. The van der Waals surface area contributed by atoms with Gasteiger partial charge in [-0.25, -0.2) is 4.39 Å². The molecule has 1 aliphatic rings. The van der Waals surface area contributed by atoms with Gasteiger partial charge in [0.15, 0.2) is 0 Å². The molecule has 2 rings (SSSR count). The summed E-state index contributed by atoms with van der Waals surface area (Å²) in [5.41, 5.74) is 1.11. The molecule has 0 aromatic heterocycles. The van der Waals surface area contributed by atoms with E-state index >= 15 is 0 Å². The fraction of sp³-hybridized carbons (Fsp3) is 0.647. The van der Waals surface area contributed by atoms with Crippen molar-refractivity contribution >= 4 is 23.5 Å². The SMILES string of the molecule is CCCNC(Cc1cccc(F)c1)C1SCCSC1CC. The molecule has 0 aliphatic carbocycles. The number of benzene rings is 1. The monoisotopic (exact) mass is 327 g/mol. The molecule has 0 radical (unpaired) electrons. The molecule has 21 heavy (non-hydrogen) atoms. The lowest BCUT2D eigenvalue weighted by Gasteiger charge is -2.36. The zero-order valence-electron chi connectivity index (χ0n) is 13.0. The van der Waals surface area contributed by atoms with Crippen LogP contribution in [0.1, 0.15) is 32.3 Å². The quantitative estimate of drug-likeness (QED) is 0.799. The van der Waals surface area contributed by atoms with E-state index in [9.17, 15) is 4.39 Å². The molecule has 0 bridgehead atoms. The average Bonchev–Trinajstić information content (AvgIpc) is 2.51. The van der Waals surface area contributed by atoms with E-state index in [0.29, 0.717) is 16.5 Å². The highest BCUT2D eigenvalue weighted by Crippen LogP contribution is 2.36. The Morgan fingerprint density at radius 1 is 1.29 bits per heavy atom. The first-order chi connectivity index (χ1) is 10.2. The van der Waals surface area contributed by atoms with Crippen LogP contribution >= 0.6 is 23.5 Å². The maximum absolute atomic E-state index is 13.4. The molecule has 1 saturated heterocycles. The molecule has 1 heterocycles. The number of hydrogen-bond acceptors (Lipinski definition) is 3. The van der Waals surface area contributed by atoms with Gasteiger partial charge in [0.2, 0.25) is 0 Å². The lowest BCUT2D eigenvalue weighted by atomic mass is 10.00. The summed E-state index contributed by atoms with van der Waals surface area (Å²) in [5, 5.41) is 5.06. The molecule has 0 amide bonds. The molecule has 0 spiro atoms. The van der Waals surface area contributed by atoms with Gasteiger partial charge >= 0.3 is 0 Å².